The molecule has 154 valence electrons. The minimum atomic E-state index is -0.232. The Morgan fingerprint density at radius 1 is 0.935 bits per heavy atom. The monoisotopic (exact) mass is 408 g/mol. The van der Waals surface area contributed by atoms with Crippen molar-refractivity contribution >= 4 is 22.6 Å². The average Bonchev–Trinajstić information content (AvgIpc) is 3.05. The molecule has 0 aliphatic carbocycles. The number of carbonyl (C=O) groups is 2. The van der Waals surface area contributed by atoms with E-state index in [1.807, 2.05) is 12.2 Å². The van der Waals surface area contributed by atoms with Crippen LogP contribution >= 0.6 is 0 Å². The first-order valence-electron chi connectivity index (χ1n) is 10.5. The second-order valence-corrected chi connectivity index (χ2v) is 7.48. The predicted molar refractivity (Wildman–Crippen MR) is 124 cm³/mol. The first kappa shape index (κ1) is 20.6. The Balaban J connectivity index is 1.25. The number of imide groups is 1. The van der Waals surface area contributed by atoms with Gasteiger partial charge in [0, 0.05) is 25.6 Å². The average molecular weight is 409 g/mol. The first-order valence-corrected chi connectivity index (χ1v) is 10.5. The van der Waals surface area contributed by atoms with E-state index in [4.69, 9.17) is 0 Å². The summed E-state index contributed by atoms with van der Waals surface area (Å²) in [4.78, 5) is 25.9. The molecule has 0 saturated carbocycles. The van der Waals surface area contributed by atoms with E-state index in [2.05, 4.69) is 66.5 Å². The van der Waals surface area contributed by atoms with Crippen LogP contribution in [-0.4, -0.2) is 29.8 Å². The quantitative estimate of drug-likeness (QED) is 0.474. The van der Waals surface area contributed by atoms with Crippen LogP contribution in [0.5, 0.6) is 0 Å². The number of hydrogen-bond acceptors (Lipinski definition) is 3. The summed E-state index contributed by atoms with van der Waals surface area (Å²) in [5.74, 6) is 5.53. The fourth-order valence-electron chi connectivity index (χ4n) is 3.84. The Labute approximate surface area is 182 Å². The van der Waals surface area contributed by atoms with Crippen molar-refractivity contribution < 1.29 is 9.59 Å². The number of rotatable bonds is 6. The first-order chi connectivity index (χ1) is 15.2. The zero-order valence-corrected chi connectivity index (χ0v) is 17.5. The van der Waals surface area contributed by atoms with Crippen LogP contribution in [0.25, 0.3) is 10.8 Å². The summed E-state index contributed by atoms with van der Waals surface area (Å²) in [6, 6.07) is 21.9. The van der Waals surface area contributed by atoms with Crippen LogP contribution in [0, 0.1) is 11.8 Å². The summed E-state index contributed by atoms with van der Waals surface area (Å²) < 4.78 is 0. The van der Waals surface area contributed by atoms with Crippen LogP contribution in [-0.2, 0) is 0 Å². The highest BCUT2D eigenvalue weighted by Crippen LogP contribution is 2.24. The summed E-state index contributed by atoms with van der Waals surface area (Å²) in [7, 11) is 0. The molecule has 4 rings (SSSR count). The van der Waals surface area contributed by atoms with Crippen molar-refractivity contribution in [3.05, 3.63) is 95.6 Å². The van der Waals surface area contributed by atoms with Gasteiger partial charge in [-0.15, -0.1) is 0 Å². The van der Waals surface area contributed by atoms with E-state index in [1.165, 1.54) is 21.2 Å². The Hall–Kier alpha value is -3.68. The van der Waals surface area contributed by atoms with Crippen LogP contribution in [0.1, 0.15) is 45.7 Å². The number of nitrogens with one attached hydrogen (secondary N) is 1. The second kappa shape index (κ2) is 9.42. The molecule has 0 fully saturated rings. The Kier molecular flexibility index (Phi) is 6.26. The van der Waals surface area contributed by atoms with E-state index in [1.54, 1.807) is 24.3 Å². The highest BCUT2D eigenvalue weighted by molar-refractivity contribution is 6.21. The van der Waals surface area contributed by atoms with E-state index < -0.39 is 0 Å². The van der Waals surface area contributed by atoms with Gasteiger partial charge in [-0.3, -0.25) is 14.5 Å². The fraction of sp³-hybridized carbons (Fsp3) is 0.185. The van der Waals surface area contributed by atoms with Crippen LogP contribution < -0.4 is 5.32 Å². The lowest BCUT2D eigenvalue weighted by Gasteiger charge is -2.15. The predicted octanol–water partition coefficient (Wildman–Crippen LogP) is 4.74. The van der Waals surface area contributed by atoms with Crippen molar-refractivity contribution in [2.45, 2.75) is 19.4 Å². The molecule has 0 saturated heterocycles. The third-order valence-electron chi connectivity index (χ3n) is 5.47. The maximum atomic E-state index is 12.3. The molecule has 3 aromatic rings. The highest BCUT2D eigenvalue weighted by Gasteiger charge is 2.34. The molecule has 3 aromatic carbocycles. The molecule has 2 amide bonds. The minimum Gasteiger partial charge on any atom is -0.307 e. The topological polar surface area (TPSA) is 49.4 Å². The molecular weight excluding hydrogens is 384 g/mol. The van der Waals surface area contributed by atoms with Gasteiger partial charge >= 0.3 is 0 Å². The molecule has 0 spiro atoms. The lowest BCUT2D eigenvalue weighted by atomic mass is 10.00. The molecule has 0 aromatic heterocycles. The Morgan fingerprint density at radius 3 is 2.39 bits per heavy atom. The van der Waals surface area contributed by atoms with Gasteiger partial charge in [0.1, 0.15) is 0 Å². The summed E-state index contributed by atoms with van der Waals surface area (Å²) in [6.45, 7) is 3.17. The van der Waals surface area contributed by atoms with Gasteiger partial charge in [0.05, 0.1) is 11.1 Å². The molecule has 31 heavy (non-hydrogen) atoms. The van der Waals surface area contributed by atoms with E-state index in [0.717, 1.165) is 0 Å². The third kappa shape index (κ3) is 4.42. The summed E-state index contributed by atoms with van der Waals surface area (Å²) in [5, 5.41) is 6.01. The summed E-state index contributed by atoms with van der Waals surface area (Å²) in [6.07, 6.45) is 4.25. The van der Waals surface area contributed by atoms with Crippen LogP contribution in [0.15, 0.2) is 78.9 Å². The van der Waals surface area contributed by atoms with Crippen molar-refractivity contribution in [2.24, 2.45) is 0 Å². The van der Waals surface area contributed by atoms with Crippen LogP contribution in [0.4, 0.5) is 0 Å². The maximum Gasteiger partial charge on any atom is 0.261 e. The number of allylic oxidation sites excluding steroid dienone is 1. The Bertz CT molecular complexity index is 1180. The largest absolute Gasteiger partial charge is 0.307 e. The van der Waals surface area contributed by atoms with E-state index >= 15 is 0 Å². The van der Waals surface area contributed by atoms with Gasteiger partial charge in [0.15, 0.2) is 0 Å². The molecule has 0 unspecified atom stereocenters. The molecule has 1 heterocycles. The van der Waals surface area contributed by atoms with Gasteiger partial charge in [-0.05, 0) is 41.5 Å². The van der Waals surface area contributed by atoms with Crippen molar-refractivity contribution in [1.29, 1.82) is 0 Å². The number of fused-ring (bicyclic) bond motifs is 2. The SMILES string of the molecule is C[C@@H](NCC=CC#CCCN1C(=O)c2ccccc2C1=O)c1cccc2ccccc12. The number of amides is 2. The Morgan fingerprint density at radius 2 is 1.61 bits per heavy atom. The zero-order valence-electron chi connectivity index (χ0n) is 17.5. The molecule has 0 bridgehead atoms. The lowest BCUT2D eigenvalue weighted by Crippen LogP contribution is -2.30. The van der Waals surface area contributed by atoms with Gasteiger partial charge in [-0.25, -0.2) is 0 Å². The highest BCUT2D eigenvalue weighted by atomic mass is 16.2. The van der Waals surface area contributed by atoms with Gasteiger partial charge in [0.25, 0.3) is 11.8 Å². The third-order valence-corrected chi connectivity index (χ3v) is 5.47. The number of hydrogen-bond donors (Lipinski definition) is 1. The molecular formula is C27H24N2O2. The second-order valence-electron chi connectivity index (χ2n) is 7.48. The van der Waals surface area contributed by atoms with Gasteiger partial charge in [-0.1, -0.05) is 72.5 Å². The van der Waals surface area contributed by atoms with E-state index in [9.17, 15) is 9.59 Å². The number of benzene rings is 3. The van der Waals surface area contributed by atoms with Crippen molar-refractivity contribution in [3.8, 4) is 11.8 Å². The standard InChI is InChI=1S/C27H24N2O2/c1-20(22-17-11-13-21-12-5-6-14-23(21)22)28-18-9-3-2-4-10-19-29-26(30)24-15-7-8-16-25(24)27(29)31/h3,5-9,11-17,20,28H,10,18-19H2,1H3/t20-/m1/s1. The lowest BCUT2D eigenvalue weighted by molar-refractivity contribution is 0.0658. The van der Waals surface area contributed by atoms with Crippen molar-refractivity contribution in [3.63, 3.8) is 0 Å². The normalized spacial score (nSPS) is 14.0. The van der Waals surface area contributed by atoms with Crippen molar-refractivity contribution in [2.75, 3.05) is 13.1 Å². The number of nitrogens with zero attached hydrogens (tertiary/aromatic N) is 1. The summed E-state index contributed by atoms with van der Waals surface area (Å²) >= 11 is 0. The van der Waals surface area contributed by atoms with Crippen LogP contribution in [0.2, 0.25) is 0 Å². The van der Waals surface area contributed by atoms with Crippen molar-refractivity contribution in [1.82, 2.24) is 10.2 Å². The van der Waals surface area contributed by atoms with Gasteiger partial charge in [0.2, 0.25) is 0 Å². The van der Waals surface area contributed by atoms with E-state index in [0.29, 0.717) is 30.6 Å². The van der Waals surface area contributed by atoms with Crippen LogP contribution in [0.3, 0.4) is 0 Å². The summed E-state index contributed by atoms with van der Waals surface area (Å²) in [5.41, 5.74) is 2.23. The molecule has 1 aliphatic rings. The van der Waals surface area contributed by atoms with Gasteiger partial charge < -0.3 is 5.32 Å². The minimum absolute atomic E-state index is 0.220. The molecule has 1 N–H and O–H groups in total. The zero-order chi connectivity index (χ0) is 21.6. The van der Waals surface area contributed by atoms with E-state index in [-0.39, 0.29) is 17.9 Å². The molecule has 0 radical (unpaired) electrons. The molecule has 4 nitrogen and oxygen atoms in total. The van der Waals surface area contributed by atoms with Gasteiger partial charge in [-0.2, -0.15) is 0 Å². The smallest absolute Gasteiger partial charge is 0.261 e. The molecule has 1 aliphatic heterocycles. The molecule has 4 heteroatoms. The number of carbonyl (C=O) groups excluding carboxylic acids is 2. The molecule has 1 atom stereocenters. The fourth-order valence-corrected chi connectivity index (χ4v) is 3.84. The maximum absolute atomic E-state index is 12.3.